The van der Waals surface area contributed by atoms with Crippen LogP contribution < -0.4 is 10.1 Å². The minimum atomic E-state index is -1.39. The van der Waals surface area contributed by atoms with E-state index in [9.17, 15) is 14.7 Å². The van der Waals surface area contributed by atoms with E-state index in [2.05, 4.69) is 45.2 Å². The highest BCUT2D eigenvalue weighted by Gasteiger charge is 2.21. The summed E-state index contributed by atoms with van der Waals surface area (Å²) in [4.78, 5) is 21.9. The summed E-state index contributed by atoms with van der Waals surface area (Å²) in [6.45, 7) is 0. The molecule has 0 bridgehead atoms. The summed E-state index contributed by atoms with van der Waals surface area (Å²) in [6.07, 6.45) is -1.37. The summed E-state index contributed by atoms with van der Waals surface area (Å²) < 4.78 is 8.06. The Balaban J connectivity index is 2.25. The van der Waals surface area contributed by atoms with Crippen molar-refractivity contribution in [2.75, 3.05) is 0 Å². The number of aromatic hydroxyl groups is 1. The van der Waals surface area contributed by atoms with Gasteiger partial charge in [-0.05, 0) is 104 Å². The molecule has 0 fully saturated rings. The van der Waals surface area contributed by atoms with Crippen LogP contribution >= 0.6 is 67.8 Å². The van der Waals surface area contributed by atoms with Crippen LogP contribution in [0.15, 0.2) is 30.3 Å². The maximum Gasteiger partial charge on any atom is 0.405 e. The molecule has 0 aliphatic heterocycles. The van der Waals surface area contributed by atoms with Crippen molar-refractivity contribution in [1.82, 2.24) is 5.32 Å². The van der Waals surface area contributed by atoms with Crippen LogP contribution in [0.3, 0.4) is 0 Å². The van der Waals surface area contributed by atoms with E-state index in [4.69, 9.17) is 14.9 Å². The number of hydrogen-bond acceptors (Lipinski definition) is 4. The molecule has 4 N–H and O–H groups in total. The first-order valence-corrected chi connectivity index (χ1v) is 10.3. The molecular formula is C16H12I3NO6. The molecule has 2 aromatic carbocycles. The lowest BCUT2D eigenvalue weighted by Gasteiger charge is -2.15. The van der Waals surface area contributed by atoms with E-state index < -0.39 is 18.1 Å². The lowest BCUT2D eigenvalue weighted by Crippen LogP contribution is -2.41. The first-order valence-electron chi connectivity index (χ1n) is 7.04. The molecule has 0 radical (unpaired) electrons. The first-order chi connectivity index (χ1) is 12.2. The molecule has 1 amide bonds. The van der Waals surface area contributed by atoms with Crippen LogP contribution in [0.1, 0.15) is 5.56 Å². The van der Waals surface area contributed by atoms with Crippen LogP contribution in [0.2, 0.25) is 0 Å². The van der Waals surface area contributed by atoms with Crippen LogP contribution in [0.4, 0.5) is 4.79 Å². The van der Waals surface area contributed by atoms with Gasteiger partial charge in [0, 0.05) is 6.42 Å². The predicted octanol–water partition coefficient (Wildman–Crippen LogP) is 4.26. The number of rotatable bonds is 6. The number of halogens is 3. The number of amides is 1. The van der Waals surface area contributed by atoms with E-state index in [-0.39, 0.29) is 12.2 Å². The molecule has 0 aliphatic carbocycles. The Morgan fingerprint density at radius 2 is 1.65 bits per heavy atom. The topological polar surface area (TPSA) is 116 Å². The molecule has 0 aliphatic rings. The molecule has 0 heterocycles. The molecule has 138 valence electrons. The van der Waals surface area contributed by atoms with Crippen LogP contribution in [-0.2, 0) is 11.2 Å². The number of carboxylic acid groups (broad SMARTS) is 2. The fraction of sp³-hybridized carbons (Fsp3) is 0.125. The number of aliphatic carboxylic acids is 1. The van der Waals surface area contributed by atoms with E-state index in [1.165, 1.54) is 0 Å². The maximum absolute atomic E-state index is 11.2. The van der Waals surface area contributed by atoms with E-state index in [0.717, 1.165) is 7.14 Å². The minimum absolute atomic E-state index is 0.0189. The second-order valence-electron chi connectivity index (χ2n) is 5.15. The zero-order valence-corrected chi connectivity index (χ0v) is 19.3. The summed E-state index contributed by atoms with van der Waals surface area (Å²) in [5, 5.41) is 29.5. The number of nitrogens with one attached hydrogen (secondary N) is 1. The highest BCUT2D eigenvalue weighted by atomic mass is 127. The molecule has 0 aromatic heterocycles. The molecule has 2 aromatic rings. The normalized spacial score (nSPS) is 11.7. The quantitative estimate of drug-likeness (QED) is 0.336. The van der Waals surface area contributed by atoms with Gasteiger partial charge in [0.2, 0.25) is 0 Å². The summed E-state index contributed by atoms with van der Waals surface area (Å²) >= 11 is 6.16. The molecule has 10 heteroatoms. The molecule has 1 unspecified atom stereocenters. The second kappa shape index (κ2) is 9.25. The average Bonchev–Trinajstić information content (AvgIpc) is 2.53. The van der Waals surface area contributed by atoms with Gasteiger partial charge < -0.3 is 25.4 Å². The summed E-state index contributed by atoms with van der Waals surface area (Å²) in [5.74, 6) is 0.0981. The Morgan fingerprint density at radius 1 is 1.04 bits per heavy atom. The van der Waals surface area contributed by atoms with Crippen LogP contribution in [0, 0.1) is 10.7 Å². The van der Waals surface area contributed by atoms with Gasteiger partial charge >= 0.3 is 12.1 Å². The SMILES string of the molecule is O=C(O)NC(Cc1cc(I)c(Oc2ccc(O)c(I)c2)c(I)c1)C(=O)O. The monoisotopic (exact) mass is 695 g/mol. The molecular weight excluding hydrogens is 683 g/mol. The highest BCUT2D eigenvalue weighted by molar-refractivity contribution is 14.1. The number of benzene rings is 2. The second-order valence-corrected chi connectivity index (χ2v) is 8.63. The lowest BCUT2D eigenvalue weighted by atomic mass is 10.1. The fourth-order valence-electron chi connectivity index (χ4n) is 2.08. The van der Waals surface area contributed by atoms with Gasteiger partial charge in [0.1, 0.15) is 17.5 Å². The zero-order chi connectivity index (χ0) is 19.4. The minimum Gasteiger partial charge on any atom is -0.507 e. The van der Waals surface area contributed by atoms with Crippen molar-refractivity contribution in [3.8, 4) is 17.2 Å². The molecule has 0 saturated heterocycles. The maximum atomic E-state index is 11.2. The Bertz CT molecular complexity index is 835. The third-order valence-corrected chi connectivity index (χ3v) is 5.70. The first kappa shape index (κ1) is 21.3. The summed E-state index contributed by atoms with van der Waals surface area (Å²) in [6, 6.07) is 7.16. The van der Waals surface area contributed by atoms with Crippen molar-refractivity contribution >= 4 is 79.8 Å². The standard InChI is InChI=1S/C16H12I3NO6/c17-9-6-8(1-2-13(9)21)26-14-10(18)3-7(4-11(14)19)5-12(15(22)23)20-16(24)25/h1-4,6,12,20-21H,5H2,(H,22,23)(H,24,25). The van der Waals surface area contributed by atoms with Crippen molar-refractivity contribution in [1.29, 1.82) is 0 Å². The van der Waals surface area contributed by atoms with Crippen LogP contribution in [0.25, 0.3) is 0 Å². The fourth-order valence-corrected chi connectivity index (χ4v) is 4.69. The number of ether oxygens (including phenoxy) is 1. The Morgan fingerprint density at radius 3 is 2.15 bits per heavy atom. The largest absolute Gasteiger partial charge is 0.507 e. The molecule has 26 heavy (non-hydrogen) atoms. The van der Waals surface area contributed by atoms with E-state index >= 15 is 0 Å². The van der Waals surface area contributed by atoms with Crippen molar-refractivity contribution < 1.29 is 29.6 Å². The molecule has 1 atom stereocenters. The zero-order valence-electron chi connectivity index (χ0n) is 12.9. The van der Waals surface area contributed by atoms with Gasteiger partial charge in [-0.1, -0.05) is 0 Å². The number of carboxylic acids is 1. The third kappa shape index (κ3) is 5.73. The van der Waals surface area contributed by atoms with E-state index in [1.54, 1.807) is 30.3 Å². The molecule has 0 spiro atoms. The van der Waals surface area contributed by atoms with Gasteiger partial charge in [-0.2, -0.15) is 0 Å². The number of phenolic OH excluding ortho intramolecular Hbond substituents is 1. The lowest BCUT2D eigenvalue weighted by molar-refractivity contribution is -0.139. The van der Waals surface area contributed by atoms with Gasteiger partial charge in [-0.15, -0.1) is 0 Å². The van der Waals surface area contributed by atoms with Crippen LogP contribution in [0.5, 0.6) is 17.2 Å². The van der Waals surface area contributed by atoms with Gasteiger partial charge in [-0.25, -0.2) is 9.59 Å². The van der Waals surface area contributed by atoms with E-state index in [0.29, 0.717) is 20.6 Å². The number of carbonyl (C=O) groups is 2. The van der Waals surface area contributed by atoms with Gasteiger partial charge in [-0.3, -0.25) is 0 Å². The highest BCUT2D eigenvalue weighted by Crippen LogP contribution is 2.35. The Hall–Kier alpha value is -1.03. The van der Waals surface area contributed by atoms with Crippen molar-refractivity contribution in [2.45, 2.75) is 12.5 Å². The van der Waals surface area contributed by atoms with Crippen molar-refractivity contribution in [2.24, 2.45) is 0 Å². The molecule has 2 rings (SSSR count). The third-order valence-electron chi connectivity index (χ3n) is 3.23. The molecule has 0 saturated carbocycles. The van der Waals surface area contributed by atoms with Crippen molar-refractivity contribution in [3.05, 3.63) is 46.6 Å². The van der Waals surface area contributed by atoms with Gasteiger partial charge in [0.25, 0.3) is 0 Å². The Labute approximate surface area is 189 Å². The number of phenols is 1. The van der Waals surface area contributed by atoms with Crippen LogP contribution in [-0.4, -0.2) is 33.4 Å². The van der Waals surface area contributed by atoms with Gasteiger partial charge in [0.15, 0.2) is 5.75 Å². The van der Waals surface area contributed by atoms with Gasteiger partial charge in [0.05, 0.1) is 10.7 Å². The smallest absolute Gasteiger partial charge is 0.405 e. The Kier molecular flexibility index (Phi) is 7.57. The van der Waals surface area contributed by atoms with Crippen molar-refractivity contribution in [3.63, 3.8) is 0 Å². The predicted molar refractivity (Wildman–Crippen MR) is 119 cm³/mol. The molecule has 7 nitrogen and oxygen atoms in total. The number of hydrogen-bond donors (Lipinski definition) is 4. The summed E-state index contributed by atoms with van der Waals surface area (Å²) in [5.41, 5.74) is 0.674. The van der Waals surface area contributed by atoms with E-state index in [1.807, 2.05) is 27.9 Å². The average molecular weight is 695 g/mol. The summed E-state index contributed by atoms with van der Waals surface area (Å²) in [7, 11) is 0.